The summed E-state index contributed by atoms with van der Waals surface area (Å²) in [5.41, 5.74) is 5.55. The number of hydrogen-bond donors (Lipinski definition) is 2. The molecule has 1 aromatic rings. The van der Waals surface area contributed by atoms with E-state index in [9.17, 15) is 8.78 Å². The number of hydrogen-bond acceptors (Lipinski definition) is 5. The van der Waals surface area contributed by atoms with Gasteiger partial charge in [-0.25, -0.2) is 0 Å². The highest BCUT2D eigenvalue weighted by atomic mass is 35.5. The smallest absolute Gasteiger partial charge is 0.315 e. The van der Waals surface area contributed by atoms with E-state index < -0.39 is 18.4 Å². The Morgan fingerprint density at radius 2 is 2.12 bits per heavy atom. The van der Waals surface area contributed by atoms with Gasteiger partial charge in [-0.2, -0.15) is 13.8 Å². The molecule has 1 aromatic heterocycles. The van der Waals surface area contributed by atoms with Gasteiger partial charge >= 0.3 is 6.43 Å². The fraction of sp³-hybridized carbons (Fsp3) is 0.750. The fourth-order valence-corrected chi connectivity index (χ4v) is 1.06. The van der Waals surface area contributed by atoms with Gasteiger partial charge in [0.25, 0.3) is 5.89 Å². The van der Waals surface area contributed by atoms with Gasteiger partial charge in [-0.15, -0.1) is 12.4 Å². The monoisotopic (exact) mass is 257 g/mol. The highest BCUT2D eigenvalue weighted by molar-refractivity contribution is 5.85. The van der Waals surface area contributed by atoms with E-state index in [1.54, 1.807) is 6.92 Å². The van der Waals surface area contributed by atoms with Crippen molar-refractivity contribution >= 4 is 12.4 Å². The molecule has 2 atom stereocenters. The van der Waals surface area contributed by atoms with Crippen molar-refractivity contribution in [1.82, 2.24) is 10.1 Å². The molecule has 0 bridgehead atoms. The summed E-state index contributed by atoms with van der Waals surface area (Å²) in [6.07, 6.45) is -2.45. The van der Waals surface area contributed by atoms with Crippen molar-refractivity contribution < 1.29 is 18.4 Å². The highest BCUT2D eigenvalue weighted by Crippen LogP contribution is 2.17. The predicted molar refractivity (Wildman–Crippen MR) is 54.4 cm³/mol. The third-order valence-electron chi connectivity index (χ3n) is 2.12. The number of nitrogens with two attached hydrogens (primary N) is 1. The van der Waals surface area contributed by atoms with Crippen LogP contribution in [0.15, 0.2) is 4.52 Å². The van der Waals surface area contributed by atoms with Crippen LogP contribution in [0.2, 0.25) is 0 Å². The Morgan fingerprint density at radius 3 is 2.56 bits per heavy atom. The second kappa shape index (κ2) is 6.72. The maximum atomic E-state index is 12.1. The largest absolute Gasteiger partial charge is 0.395 e. The number of halogens is 3. The Bertz CT molecular complexity index is 311. The van der Waals surface area contributed by atoms with Gasteiger partial charge in [-0.1, -0.05) is 12.1 Å². The van der Waals surface area contributed by atoms with E-state index in [0.29, 0.717) is 6.42 Å². The standard InChI is InChI=1S/C8H13F2N3O2.ClH/c1-4(5(11)3-14)2-6-12-8(7(9)10)15-13-6;/h4-5,7,14H,2-3,11H2,1H3;1H. The van der Waals surface area contributed by atoms with Crippen LogP contribution >= 0.6 is 12.4 Å². The summed E-state index contributed by atoms with van der Waals surface area (Å²) >= 11 is 0. The molecule has 0 amide bonds. The summed E-state index contributed by atoms with van der Waals surface area (Å²) in [7, 11) is 0. The van der Waals surface area contributed by atoms with Crippen molar-refractivity contribution in [3.63, 3.8) is 0 Å². The molecule has 0 aromatic carbocycles. The zero-order valence-electron chi connectivity index (χ0n) is 8.64. The van der Waals surface area contributed by atoms with E-state index >= 15 is 0 Å². The first-order valence-electron chi connectivity index (χ1n) is 4.51. The minimum absolute atomic E-state index is 0. The van der Waals surface area contributed by atoms with E-state index in [1.165, 1.54) is 0 Å². The van der Waals surface area contributed by atoms with Crippen LogP contribution in [0.4, 0.5) is 8.78 Å². The van der Waals surface area contributed by atoms with Crippen molar-refractivity contribution in [2.75, 3.05) is 6.61 Å². The van der Waals surface area contributed by atoms with Gasteiger partial charge in [-0.05, 0) is 5.92 Å². The van der Waals surface area contributed by atoms with Gasteiger partial charge in [0.05, 0.1) is 6.61 Å². The predicted octanol–water partition coefficient (Wildman–Crippen LogP) is 0.927. The first-order chi connectivity index (χ1) is 7.04. The molecule has 2 unspecified atom stereocenters. The number of nitrogens with zero attached hydrogens (tertiary/aromatic N) is 2. The third kappa shape index (κ3) is 3.99. The first-order valence-corrected chi connectivity index (χ1v) is 4.51. The molecule has 0 aliphatic heterocycles. The van der Waals surface area contributed by atoms with Crippen LogP contribution in [0.3, 0.4) is 0 Å². The van der Waals surface area contributed by atoms with Gasteiger partial charge in [0.1, 0.15) is 0 Å². The summed E-state index contributed by atoms with van der Waals surface area (Å²) in [5.74, 6) is -0.602. The number of aliphatic hydroxyl groups excluding tert-OH is 1. The van der Waals surface area contributed by atoms with E-state index in [4.69, 9.17) is 10.8 Å². The van der Waals surface area contributed by atoms with E-state index in [-0.39, 0.29) is 30.8 Å². The molecular formula is C8H14ClF2N3O2. The molecule has 3 N–H and O–H groups in total. The Kier molecular flexibility index (Phi) is 6.39. The number of aliphatic hydroxyl groups is 1. The number of rotatable bonds is 5. The molecule has 0 saturated heterocycles. The van der Waals surface area contributed by atoms with Gasteiger partial charge in [0, 0.05) is 12.5 Å². The lowest BCUT2D eigenvalue weighted by molar-refractivity contribution is 0.106. The second-order valence-electron chi connectivity index (χ2n) is 3.38. The quantitative estimate of drug-likeness (QED) is 0.820. The van der Waals surface area contributed by atoms with Gasteiger partial charge < -0.3 is 15.4 Å². The SMILES string of the molecule is CC(Cc1noc(C(F)F)n1)C(N)CO.Cl. The van der Waals surface area contributed by atoms with E-state index in [2.05, 4.69) is 14.7 Å². The highest BCUT2D eigenvalue weighted by Gasteiger charge is 2.19. The van der Waals surface area contributed by atoms with E-state index in [0.717, 1.165) is 0 Å². The van der Waals surface area contributed by atoms with Crippen LogP contribution in [0.5, 0.6) is 0 Å². The molecule has 5 nitrogen and oxygen atoms in total. The van der Waals surface area contributed by atoms with Crippen LogP contribution < -0.4 is 5.73 Å². The molecular weight excluding hydrogens is 244 g/mol. The molecule has 0 aliphatic carbocycles. The average Bonchev–Trinajstić information content (AvgIpc) is 2.65. The molecule has 0 spiro atoms. The van der Waals surface area contributed by atoms with Crippen molar-refractivity contribution in [1.29, 1.82) is 0 Å². The fourth-order valence-electron chi connectivity index (χ4n) is 1.06. The minimum atomic E-state index is -2.76. The lowest BCUT2D eigenvalue weighted by atomic mass is 10.00. The van der Waals surface area contributed by atoms with Crippen LogP contribution in [0, 0.1) is 5.92 Å². The summed E-state index contributed by atoms with van der Waals surface area (Å²) in [5, 5.41) is 12.2. The maximum absolute atomic E-state index is 12.1. The van der Waals surface area contributed by atoms with Gasteiger partial charge in [0.15, 0.2) is 5.82 Å². The van der Waals surface area contributed by atoms with Crippen LogP contribution in [-0.4, -0.2) is 27.9 Å². The first kappa shape index (κ1) is 15.2. The summed E-state index contributed by atoms with van der Waals surface area (Å²) in [6.45, 7) is 1.61. The lowest BCUT2D eigenvalue weighted by Crippen LogP contribution is -2.33. The zero-order valence-corrected chi connectivity index (χ0v) is 9.45. The van der Waals surface area contributed by atoms with Crippen molar-refractivity contribution in [2.45, 2.75) is 25.8 Å². The molecule has 8 heteroatoms. The van der Waals surface area contributed by atoms with E-state index in [1.807, 2.05) is 0 Å². The molecule has 1 rings (SSSR count). The summed E-state index contributed by atoms with van der Waals surface area (Å²) in [4.78, 5) is 3.50. The lowest BCUT2D eigenvalue weighted by Gasteiger charge is -2.14. The van der Waals surface area contributed by atoms with Crippen LogP contribution in [0.25, 0.3) is 0 Å². The number of alkyl halides is 2. The second-order valence-corrected chi connectivity index (χ2v) is 3.38. The normalized spacial score (nSPS) is 14.6. The van der Waals surface area contributed by atoms with Crippen molar-refractivity contribution in [2.24, 2.45) is 11.7 Å². The molecule has 16 heavy (non-hydrogen) atoms. The summed E-state index contributed by atoms with van der Waals surface area (Å²) in [6, 6.07) is -0.418. The number of aromatic nitrogens is 2. The Labute approximate surface area is 97.4 Å². The third-order valence-corrected chi connectivity index (χ3v) is 2.12. The Morgan fingerprint density at radius 1 is 1.50 bits per heavy atom. The van der Waals surface area contributed by atoms with Crippen LogP contribution in [0.1, 0.15) is 25.1 Å². The minimum Gasteiger partial charge on any atom is -0.395 e. The molecule has 0 aliphatic rings. The van der Waals surface area contributed by atoms with Gasteiger partial charge in [-0.3, -0.25) is 0 Å². The molecule has 1 heterocycles. The molecule has 0 saturated carbocycles. The maximum Gasteiger partial charge on any atom is 0.315 e. The van der Waals surface area contributed by atoms with Crippen LogP contribution in [-0.2, 0) is 6.42 Å². The molecule has 94 valence electrons. The van der Waals surface area contributed by atoms with Crippen molar-refractivity contribution in [3.8, 4) is 0 Å². The topological polar surface area (TPSA) is 85.2 Å². The van der Waals surface area contributed by atoms with Crippen molar-refractivity contribution in [3.05, 3.63) is 11.7 Å². The molecule has 0 radical (unpaired) electrons. The summed E-state index contributed by atoms with van der Waals surface area (Å²) < 4.78 is 28.5. The van der Waals surface area contributed by atoms with Gasteiger partial charge in [0.2, 0.25) is 0 Å². The average molecular weight is 258 g/mol. The Balaban J connectivity index is 0.00000225. The molecule has 0 fully saturated rings. The zero-order chi connectivity index (χ0) is 11.4. The Hall–Kier alpha value is -0.790.